The maximum absolute atomic E-state index is 13.5. The highest BCUT2D eigenvalue weighted by molar-refractivity contribution is 5.93. The Kier molecular flexibility index (Phi) is 2.78. The highest BCUT2D eigenvalue weighted by atomic mass is 19.1. The van der Waals surface area contributed by atoms with Crippen molar-refractivity contribution in [3.05, 3.63) is 53.8 Å². The van der Waals surface area contributed by atoms with Crippen LogP contribution < -0.4 is 5.73 Å². The minimum Gasteiger partial charge on any atom is -0.508 e. The minimum absolute atomic E-state index is 0.0135. The molecular weight excluding hydrogens is 221 g/mol. The summed E-state index contributed by atoms with van der Waals surface area (Å²) in [6.45, 7) is 0. The number of aromatic hydroxyl groups is 1. The normalized spacial score (nSPS) is 10.2. The summed E-state index contributed by atoms with van der Waals surface area (Å²) in [5, 5.41) is 9.30. The van der Waals surface area contributed by atoms with Crippen LogP contribution in [-0.4, -0.2) is 11.0 Å². The monoisotopic (exact) mass is 231 g/mol. The molecule has 0 radical (unpaired) electrons. The van der Waals surface area contributed by atoms with E-state index in [0.29, 0.717) is 11.1 Å². The molecule has 0 heterocycles. The number of phenols is 1. The molecule has 2 aromatic carbocycles. The molecule has 4 heteroatoms. The first-order valence-corrected chi connectivity index (χ1v) is 4.96. The first-order valence-electron chi connectivity index (χ1n) is 4.96. The van der Waals surface area contributed by atoms with Gasteiger partial charge in [-0.2, -0.15) is 0 Å². The molecule has 0 aliphatic rings. The summed E-state index contributed by atoms with van der Waals surface area (Å²) >= 11 is 0. The molecule has 2 aromatic rings. The largest absolute Gasteiger partial charge is 0.508 e. The van der Waals surface area contributed by atoms with Crippen molar-refractivity contribution < 1.29 is 14.3 Å². The zero-order chi connectivity index (χ0) is 12.4. The van der Waals surface area contributed by atoms with Crippen molar-refractivity contribution >= 4 is 5.91 Å². The summed E-state index contributed by atoms with van der Waals surface area (Å²) in [7, 11) is 0. The number of halogens is 1. The smallest absolute Gasteiger partial charge is 0.248 e. The minimum atomic E-state index is -0.534. The predicted molar refractivity (Wildman–Crippen MR) is 62.0 cm³/mol. The standard InChI is InChI=1S/C13H10FNO2/c14-12-6-5-10(16)7-11(12)8-1-3-9(4-2-8)13(15)17/h1-7,16H,(H2,15,17). The molecule has 0 saturated carbocycles. The lowest BCUT2D eigenvalue weighted by atomic mass is 10.0. The Morgan fingerprint density at radius 1 is 1.12 bits per heavy atom. The van der Waals surface area contributed by atoms with E-state index in [0.717, 1.165) is 0 Å². The Morgan fingerprint density at radius 3 is 2.35 bits per heavy atom. The Labute approximate surface area is 97.3 Å². The van der Waals surface area contributed by atoms with Crippen LogP contribution in [0.4, 0.5) is 4.39 Å². The Balaban J connectivity index is 2.46. The van der Waals surface area contributed by atoms with Gasteiger partial charge in [-0.1, -0.05) is 12.1 Å². The van der Waals surface area contributed by atoms with Gasteiger partial charge < -0.3 is 10.8 Å². The van der Waals surface area contributed by atoms with Crippen molar-refractivity contribution in [1.82, 2.24) is 0 Å². The van der Waals surface area contributed by atoms with E-state index in [2.05, 4.69) is 0 Å². The van der Waals surface area contributed by atoms with Gasteiger partial charge in [-0.25, -0.2) is 4.39 Å². The molecule has 0 unspecified atom stereocenters. The Morgan fingerprint density at radius 2 is 1.76 bits per heavy atom. The molecule has 0 aromatic heterocycles. The Hall–Kier alpha value is -2.36. The average Bonchev–Trinajstić information content (AvgIpc) is 2.32. The molecule has 0 spiro atoms. The number of rotatable bonds is 2. The van der Waals surface area contributed by atoms with E-state index in [1.54, 1.807) is 12.1 Å². The highest BCUT2D eigenvalue weighted by Gasteiger charge is 2.07. The summed E-state index contributed by atoms with van der Waals surface area (Å²) in [4.78, 5) is 10.9. The van der Waals surface area contributed by atoms with Gasteiger partial charge in [0.25, 0.3) is 0 Å². The number of hydrogen-bond acceptors (Lipinski definition) is 2. The molecule has 17 heavy (non-hydrogen) atoms. The first-order chi connectivity index (χ1) is 8.08. The number of phenolic OH excluding ortho intramolecular Hbond substituents is 1. The van der Waals surface area contributed by atoms with Gasteiger partial charge >= 0.3 is 0 Å². The summed E-state index contributed by atoms with van der Waals surface area (Å²) in [5.41, 5.74) is 6.31. The lowest BCUT2D eigenvalue weighted by Crippen LogP contribution is -2.10. The SMILES string of the molecule is NC(=O)c1ccc(-c2cc(O)ccc2F)cc1. The number of nitrogens with two attached hydrogens (primary N) is 1. The zero-order valence-corrected chi connectivity index (χ0v) is 8.85. The van der Waals surface area contributed by atoms with Crippen molar-refractivity contribution in [2.45, 2.75) is 0 Å². The van der Waals surface area contributed by atoms with Crippen molar-refractivity contribution in [3.63, 3.8) is 0 Å². The zero-order valence-electron chi connectivity index (χ0n) is 8.85. The summed E-state index contributed by atoms with van der Waals surface area (Å²) in [5.74, 6) is -0.983. The van der Waals surface area contributed by atoms with Gasteiger partial charge in [-0.15, -0.1) is 0 Å². The number of benzene rings is 2. The third-order valence-electron chi connectivity index (χ3n) is 2.43. The number of amides is 1. The van der Waals surface area contributed by atoms with Crippen molar-refractivity contribution in [3.8, 4) is 16.9 Å². The fourth-order valence-electron chi connectivity index (χ4n) is 1.55. The van der Waals surface area contributed by atoms with Crippen LogP contribution in [0.15, 0.2) is 42.5 Å². The molecule has 0 bridgehead atoms. The van der Waals surface area contributed by atoms with Gasteiger partial charge in [0, 0.05) is 11.1 Å². The van der Waals surface area contributed by atoms with Gasteiger partial charge in [-0.3, -0.25) is 4.79 Å². The topological polar surface area (TPSA) is 63.3 Å². The van der Waals surface area contributed by atoms with E-state index in [1.807, 2.05) is 0 Å². The van der Waals surface area contributed by atoms with E-state index < -0.39 is 11.7 Å². The Bertz CT molecular complexity index is 564. The maximum Gasteiger partial charge on any atom is 0.248 e. The molecule has 0 aliphatic carbocycles. The van der Waals surface area contributed by atoms with Crippen LogP contribution in [-0.2, 0) is 0 Å². The van der Waals surface area contributed by atoms with Gasteiger partial charge in [0.1, 0.15) is 11.6 Å². The fraction of sp³-hybridized carbons (Fsp3) is 0. The van der Waals surface area contributed by atoms with E-state index in [1.165, 1.54) is 30.3 Å². The number of primary amides is 1. The van der Waals surface area contributed by atoms with Gasteiger partial charge in [0.2, 0.25) is 5.91 Å². The number of carbonyl (C=O) groups excluding carboxylic acids is 1. The molecule has 86 valence electrons. The molecule has 1 amide bonds. The molecule has 0 atom stereocenters. The van der Waals surface area contributed by atoms with Crippen LogP contribution in [0.25, 0.3) is 11.1 Å². The molecule has 3 N–H and O–H groups in total. The average molecular weight is 231 g/mol. The maximum atomic E-state index is 13.5. The second kappa shape index (κ2) is 4.25. The van der Waals surface area contributed by atoms with Crippen LogP contribution in [0.2, 0.25) is 0 Å². The van der Waals surface area contributed by atoms with Crippen LogP contribution in [0.5, 0.6) is 5.75 Å². The molecule has 3 nitrogen and oxygen atoms in total. The van der Waals surface area contributed by atoms with Crippen molar-refractivity contribution in [2.24, 2.45) is 5.73 Å². The lowest BCUT2D eigenvalue weighted by molar-refractivity contribution is 0.100. The van der Waals surface area contributed by atoms with Crippen molar-refractivity contribution in [1.29, 1.82) is 0 Å². The predicted octanol–water partition coefficient (Wildman–Crippen LogP) is 2.30. The number of carbonyl (C=O) groups is 1. The molecule has 2 rings (SSSR count). The lowest BCUT2D eigenvalue weighted by Gasteiger charge is -2.04. The van der Waals surface area contributed by atoms with E-state index in [-0.39, 0.29) is 11.3 Å². The second-order valence-corrected chi connectivity index (χ2v) is 3.61. The molecule has 0 aliphatic heterocycles. The van der Waals surface area contributed by atoms with Gasteiger partial charge in [-0.05, 0) is 35.9 Å². The van der Waals surface area contributed by atoms with Crippen LogP contribution in [0, 0.1) is 5.82 Å². The summed E-state index contributed by atoms with van der Waals surface area (Å²) < 4.78 is 13.5. The van der Waals surface area contributed by atoms with Crippen LogP contribution >= 0.6 is 0 Å². The molecular formula is C13H10FNO2. The second-order valence-electron chi connectivity index (χ2n) is 3.61. The van der Waals surface area contributed by atoms with E-state index >= 15 is 0 Å². The van der Waals surface area contributed by atoms with E-state index in [9.17, 15) is 14.3 Å². The van der Waals surface area contributed by atoms with Crippen molar-refractivity contribution in [2.75, 3.05) is 0 Å². The van der Waals surface area contributed by atoms with Crippen LogP contribution in [0.3, 0.4) is 0 Å². The van der Waals surface area contributed by atoms with Gasteiger partial charge in [0.15, 0.2) is 0 Å². The summed E-state index contributed by atoms with van der Waals surface area (Å²) in [6.07, 6.45) is 0. The first kappa shape index (κ1) is 11.1. The summed E-state index contributed by atoms with van der Waals surface area (Å²) in [6, 6.07) is 9.98. The van der Waals surface area contributed by atoms with Crippen LogP contribution in [0.1, 0.15) is 10.4 Å². The third kappa shape index (κ3) is 2.25. The molecule has 0 saturated heterocycles. The molecule has 0 fully saturated rings. The van der Waals surface area contributed by atoms with Gasteiger partial charge in [0.05, 0.1) is 0 Å². The quantitative estimate of drug-likeness (QED) is 0.832. The fourth-order valence-corrected chi connectivity index (χ4v) is 1.55. The van der Waals surface area contributed by atoms with E-state index in [4.69, 9.17) is 5.73 Å². The third-order valence-corrected chi connectivity index (χ3v) is 2.43. The highest BCUT2D eigenvalue weighted by Crippen LogP contribution is 2.26. The number of hydrogen-bond donors (Lipinski definition) is 2.